The third kappa shape index (κ3) is 4.33. The van der Waals surface area contributed by atoms with Gasteiger partial charge in [0, 0.05) is 29.7 Å². The van der Waals surface area contributed by atoms with Gasteiger partial charge >= 0.3 is 0 Å². The minimum atomic E-state index is -0.173. The van der Waals surface area contributed by atoms with Gasteiger partial charge < -0.3 is 4.42 Å². The predicted octanol–water partition coefficient (Wildman–Crippen LogP) is 9.16. The maximum Gasteiger partial charge on any atom is 0.247 e. The Kier molecular flexibility index (Phi) is 7.50. The largest absolute Gasteiger partial charge is 0.421 e. The molecule has 0 aromatic carbocycles. The van der Waals surface area contributed by atoms with Crippen molar-refractivity contribution in [1.29, 1.82) is 0 Å². The van der Waals surface area contributed by atoms with Crippen LogP contribution in [0.5, 0.6) is 0 Å². The summed E-state index contributed by atoms with van der Waals surface area (Å²) in [4.78, 5) is 13.8. The molecule has 1 aromatic rings. The number of rotatable bonds is 6. The second kappa shape index (κ2) is 10.5. The van der Waals surface area contributed by atoms with E-state index in [-0.39, 0.29) is 11.3 Å². The van der Waals surface area contributed by atoms with Crippen LogP contribution in [-0.2, 0) is 11.2 Å². The molecule has 5 heteroatoms. The van der Waals surface area contributed by atoms with E-state index < -0.39 is 0 Å². The topological polar surface area (TPSA) is 56.0 Å². The normalized spacial score (nSPS) is 39.9. The van der Waals surface area contributed by atoms with E-state index in [0.29, 0.717) is 59.0 Å². The van der Waals surface area contributed by atoms with Gasteiger partial charge in [-0.3, -0.25) is 4.79 Å². The van der Waals surface area contributed by atoms with Crippen molar-refractivity contribution >= 4 is 23.0 Å². The van der Waals surface area contributed by atoms with Crippen LogP contribution < -0.4 is 0 Å². The molecular weight excluding hydrogens is 516 g/mol. The summed E-state index contributed by atoms with van der Waals surface area (Å²) in [5.74, 6) is 5.13. The van der Waals surface area contributed by atoms with Crippen LogP contribution in [0.25, 0.3) is 5.57 Å². The van der Waals surface area contributed by atoms with Crippen LogP contribution in [0.2, 0.25) is 0 Å². The molecule has 4 nitrogen and oxygen atoms in total. The van der Waals surface area contributed by atoms with Gasteiger partial charge in [0.15, 0.2) is 5.78 Å². The summed E-state index contributed by atoms with van der Waals surface area (Å²) in [5.41, 5.74) is 4.22. The molecule has 0 amide bonds. The van der Waals surface area contributed by atoms with Crippen molar-refractivity contribution in [1.82, 2.24) is 10.2 Å². The average Bonchev–Trinajstić information content (AvgIpc) is 3.49. The zero-order valence-electron chi connectivity index (χ0n) is 25.4. The number of ketones is 1. The van der Waals surface area contributed by atoms with Gasteiger partial charge in [-0.15, -0.1) is 21.8 Å². The van der Waals surface area contributed by atoms with Crippen LogP contribution in [-0.4, -0.2) is 21.9 Å². The molecule has 6 rings (SSSR count). The summed E-state index contributed by atoms with van der Waals surface area (Å²) in [7, 11) is 0. The number of Topliss-reactive ketones (excluding diaryl/α,β-unsaturated/α-hetero) is 1. The summed E-state index contributed by atoms with van der Waals surface area (Å²) in [6.45, 7) is 11.8. The Balaban J connectivity index is 1.35. The molecule has 0 N–H and O–H groups in total. The summed E-state index contributed by atoms with van der Waals surface area (Å²) in [6.07, 6.45) is 20.4. The van der Waals surface area contributed by atoms with Gasteiger partial charge in [-0.1, -0.05) is 64.3 Å². The highest BCUT2D eigenvalue weighted by Crippen LogP contribution is 2.71. The molecular formula is C35H49ClN2O2. The van der Waals surface area contributed by atoms with Gasteiger partial charge in [-0.05, 0) is 104 Å². The molecule has 0 radical (unpaired) electrons. The molecule has 218 valence electrons. The highest BCUT2D eigenvalue weighted by atomic mass is 35.5. The fraction of sp³-hybridized carbons (Fsp3) is 0.743. The lowest BCUT2D eigenvalue weighted by molar-refractivity contribution is -0.150. The number of nitrogens with zero attached hydrogens (tertiary/aromatic N) is 2. The highest BCUT2D eigenvalue weighted by Gasteiger charge is 2.63. The van der Waals surface area contributed by atoms with Crippen molar-refractivity contribution < 1.29 is 9.21 Å². The zero-order valence-corrected chi connectivity index (χ0v) is 26.2. The van der Waals surface area contributed by atoms with Gasteiger partial charge in [-0.25, -0.2) is 0 Å². The zero-order chi connectivity index (χ0) is 28.3. The molecule has 0 aliphatic heterocycles. The van der Waals surface area contributed by atoms with E-state index in [1.165, 1.54) is 63.4 Å². The van der Waals surface area contributed by atoms with Crippen molar-refractivity contribution in [3.63, 3.8) is 0 Å². The van der Waals surface area contributed by atoms with Crippen LogP contribution in [0, 0.1) is 45.8 Å². The maximum atomic E-state index is 13.8. The molecule has 1 heterocycles. The van der Waals surface area contributed by atoms with Crippen molar-refractivity contribution in [2.24, 2.45) is 45.8 Å². The lowest BCUT2D eigenvalue weighted by Crippen LogP contribution is -2.58. The lowest BCUT2D eigenvalue weighted by Gasteiger charge is -2.66. The predicted molar refractivity (Wildman–Crippen MR) is 162 cm³/mol. The number of hydrogen-bond donors (Lipinski definition) is 0. The van der Waals surface area contributed by atoms with Crippen LogP contribution in [0.1, 0.15) is 117 Å². The van der Waals surface area contributed by atoms with Crippen molar-refractivity contribution in [2.75, 3.05) is 5.88 Å². The SMILES string of the molecule is C/C=C\C(=C/CCl)c1nnc(CC23CCC4C(CCC5C6(C)CCCCC6CCC45C)C2=C(C(C)C)C(=O)C3)o1. The average molecular weight is 565 g/mol. The third-order valence-corrected chi connectivity index (χ3v) is 12.7. The van der Waals surface area contributed by atoms with E-state index >= 15 is 0 Å². The Morgan fingerprint density at radius 3 is 2.62 bits per heavy atom. The Labute approximate surface area is 246 Å². The second-order valence-corrected chi connectivity index (χ2v) is 15.0. The van der Waals surface area contributed by atoms with E-state index in [2.05, 4.69) is 37.9 Å². The molecule has 5 aliphatic rings. The number of halogens is 1. The maximum absolute atomic E-state index is 13.8. The standard InChI is InChI=1S/C35H49ClN2O2/c1-6-9-23(15-19-36)32-38-37-29(40-32)21-35-18-14-26-25(31(35)30(22(2)3)27(39)20-35)11-12-28-33(4)16-8-7-10-24(33)13-17-34(26,28)5/h6,9,15,22,24-26,28H,7-8,10-14,16-21H2,1-5H3/b9-6-,23-15+. The number of allylic oxidation sites excluding steroid dienone is 6. The Hall–Kier alpha value is -1.68. The lowest BCUT2D eigenvalue weighted by atomic mass is 9.39. The first-order valence-electron chi connectivity index (χ1n) is 16.2. The van der Waals surface area contributed by atoms with Gasteiger partial charge in [0.05, 0.1) is 0 Å². The van der Waals surface area contributed by atoms with Crippen LogP contribution >= 0.6 is 11.6 Å². The van der Waals surface area contributed by atoms with E-state index in [0.717, 1.165) is 29.4 Å². The fourth-order valence-corrected chi connectivity index (χ4v) is 11.2. The quantitative estimate of drug-likeness (QED) is 0.255. The molecule has 40 heavy (non-hydrogen) atoms. The molecule has 0 saturated heterocycles. The number of aromatic nitrogens is 2. The number of carbonyl (C=O) groups is 1. The minimum absolute atomic E-state index is 0.173. The van der Waals surface area contributed by atoms with Crippen LogP contribution in [0.15, 0.2) is 33.8 Å². The van der Waals surface area contributed by atoms with E-state index in [1.54, 1.807) is 0 Å². The highest BCUT2D eigenvalue weighted by molar-refractivity contribution is 6.19. The summed E-state index contributed by atoms with van der Waals surface area (Å²) < 4.78 is 6.27. The van der Waals surface area contributed by atoms with Gasteiger partial charge in [0.1, 0.15) is 0 Å². The third-order valence-electron chi connectivity index (χ3n) is 12.6. The Morgan fingerprint density at radius 1 is 1.05 bits per heavy atom. The Bertz CT molecular complexity index is 1240. The van der Waals surface area contributed by atoms with Gasteiger partial charge in [0.25, 0.3) is 0 Å². The van der Waals surface area contributed by atoms with Gasteiger partial charge in [0.2, 0.25) is 11.8 Å². The first kappa shape index (κ1) is 28.4. The number of carbonyl (C=O) groups excluding carboxylic acids is 1. The van der Waals surface area contributed by atoms with Crippen molar-refractivity contribution in [3.8, 4) is 0 Å². The van der Waals surface area contributed by atoms with Crippen LogP contribution in [0.4, 0.5) is 0 Å². The first-order valence-corrected chi connectivity index (χ1v) is 16.7. The monoisotopic (exact) mass is 564 g/mol. The fourth-order valence-electron chi connectivity index (χ4n) is 11.0. The molecule has 0 spiro atoms. The smallest absolute Gasteiger partial charge is 0.247 e. The van der Waals surface area contributed by atoms with E-state index in [4.69, 9.17) is 16.0 Å². The minimum Gasteiger partial charge on any atom is -0.421 e. The van der Waals surface area contributed by atoms with Crippen LogP contribution in [0.3, 0.4) is 0 Å². The molecule has 7 atom stereocenters. The first-order chi connectivity index (χ1) is 19.2. The molecule has 0 bridgehead atoms. The van der Waals surface area contributed by atoms with E-state index in [1.807, 2.05) is 25.2 Å². The van der Waals surface area contributed by atoms with Gasteiger partial charge in [-0.2, -0.15) is 0 Å². The van der Waals surface area contributed by atoms with E-state index in [9.17, 15) is 4.79 Å². The molecule has 4 fully saturated rings. The summed E-state index contributed by atoms with van der Waals surface area (Å²) in [5, 5.41) is 8.91. The molecule has 7 unspecified atom stereocenters. The number of fused-ring (bicyclic) bond motifs is 7. The molecule has 5 aliphatic carbocycles. The molecule has 4 saturated carbocycles. The molecule has 1 aromatic heterocycles. The number of alkyl halides is 1. The number of hydrogen-bond acceptors (Lipinski definition) is 4. The summed E-state index contributed by atoms with van der Waals surface area (Å²) >= 11 is 6.01. The Morgan fingerprint density at radius 2 is 1.88 bits per heavy atom. The second-order valence-electron chi connectivity index (χ2n) is 14.7. The summed E-state index contributed by atoms with van der Waals surface area (Å²) in [6, 6.07) is 0. The van der Waals surface area contributed by atoms with Crippen molar-refractivity contribution in [3.05, 3.63) is 41.2 Å². The van der Waals surface area contributed by atoms with Crippen molar-refractivity contribution in [2.45, 2.75) is 112 Å².